The van der Waals surface area contributed by atoms with Gasteiger partial charge in [-0.3, -0.25) is 4.79 Å². The van der Waals surface area contributed by atoms with E-state index in [9.17, 15) is 34.4 Å². The summed E-state index contributed by atoms with van der Waals surface area (Å²) in [4.78, 5) is 24.2. The summed E-state index contributed by atoms with van der Waals surface area (Å²) in [6.45, 7) is 0.214. The summed E-state index contributed by atoms with van der Waals surface area (Å²) in [5, 5.41) is 41.8. The fourth-order valence-electron chi connectivity index (χ4n) is 3.17. The third-order valence-electron chi connectivity index (χ3n) is 4.77. The van der Waals surface area contributed by atoms with E-state index in [-0.39, 0.29) is 27.8 Å². The van der Waals surface area contributed by atoms with Gasteiger partial charge in [-0.2, -0.15) is 0 Å². The van der Waals surface area contributed by atoms with Gasteiger partial charge in [0.2, 0.25) is 6.29 Å². The Bertz CT molecular complexity index is 976. The summed E-state index contributed by atoms with van der Waals surface area (Å²) in [7, 11) is 0. The Morgan fingerprint density at radius 2 is 1.97 bits per heavy atom. The fraction of sp³-hybridized carbons (Fsp3) is 0.474. The standard InChI is InChI=1S/C19H22FNO9/c1-2-21-17(26)9-5-8-3-4-11(10(6-20)16(8)30-18(9)27)28-19-15(25)14(24)13(23)12(7-22)29-19/h3-5,12-15,19,22-25H,2,6-7H2,1H3,(H,21,26)/t12-,13+,14+,15-,19-/m1/s1. The monoisotopic (exact) mass is 427 g/mol. The highest BCUT2D eigenvalue weighted by Gasteiger charge is 2.45. The molecule has 1 aliphatic heterocycles. The molecule has 0 unspecified atom stereocenters. The molecule has 5 N–H and O–H groups in total. The summed E-state index contributed by atoms with van der Waals surface area (Å²) >= 11 is 0. The molecular weight excluding hydrogens is 405 g/mol. The van der Waals surface area contributed by atoms with Gasteiger partial charge >= 0.3 is 5.63 Å². The van der Waals surface area contributed by atoms with Crippen LogP contribution >= 0.6 is 0 Å². The van der Waals surface area contributed by atoms with Crippen LogP contribution in [0.15, 0.2) is 27.4 Å². The lowest BCUT2D eigenvalue weighted by molar-refractivity contribution is -0.277. The highest BCUT2D eigenvalue weighted by molar-refractivity contribution is 5.97. The molecule has 0 bridgehead atoms. The maximum absolute atomic E-state index is 13.8. The number of alkyl halides is 1. The van der Waals surface area contributed by atoms with Crippen LogP contribution in [0.1, 0.15) is 22.8 Å². The quantitative estimate of drug-likeness (QED) is 0.372. The first kappa shape index (κ1) is 22.1. The number of aliphatic hydroxyl groups is 4. The van der Waals surface area contributed by atoms with Crippen LogP contribution in [0.25, 0.3) is 11.0 Å². The molecule has 0 radical (unpaired) electrons. The van der Waals surface area contributed by atoms with Crippen molar-refractivity contribution in [3.63, 3.8) is 0 Å². The summed E-state index contributed by atoms with van der Waals surface area (Å²) in [6, 6.07) is 4.00. The molecule has 1 aliphatic rings. The highest BCUT2D eigenvalue weighted by atomic mass is 19.1. The lowest BCUT2D eigenvalue weighted by atomic mass is 9.99. The van der Waals surface area contributed by atoms with Gasteiger partial charge in [0.15, 0.2) is 0 Å². The van der Waals surface area contributed by atoms with Gasteiger partial charge in [0.25, 0.3) is 5.91 Å². The Hall–Kier alpha value is -2.57. The van der Waals surface area contributed by atoms with E-state index in [0.29, 0.717) is 6.54 Å². The van der Waals surface area contributed by atoms with Crippen molar-refractivity contribution in [1.82, 2.24) is 5.32 Å². The molecule has 1 aromatic carbocycles. The fourth-order valence-corrected chi connectivity index (χ4v) is 3.17. The Morgan fingerprint density at radius 1 is 1.23 bits per heavy atom. The number of halogens is 1. The van der Waals surface area contributed by atoms with Crippen molar-refractivity contribution >= 4 is 16.9 Å². The van der Waals surface area contributed by atoms with Crippen molar-refractivity contribution in [3.8, 4) is 5.75 Å². The third kappa shape index (κ3) is 4.02. The van der Waals surface area contributed by atoms with E-state index < -0.39 is 55.5 Å². The number of rotatable bonds is 6. The largest absolute Gasteiger partial charge is 0.461 e. The first-order valence-electron chi connectivity index (χ1n) is 9.23. The second-order valence-electron chi connectivity index (χ2n) is 6.72. The second-order valence-corrected chi connectivity index (χ2v) is 6.72. The van der Waals surface area contributed by atoms with Crippen LogP contribution in [0, 0.1) is 0 Å². The molecular formula is C19H22FNO9. The van der Waals surface area contributed by atoms with Gasteiger partial charge in [-0.05, 0) is 25.1 Å². The third-order valence-corrected chi connectivity index (χ3v) is 4.77. The molecule has 1 fully saturated rings. The molecule has 5 atom stereocenters. The lowest BCUT2D eigenvalue weighted by Gasteiger charge is -2.39. The topological polar surface area (TPSA) is 159 Å². The van der Waals surface area contributed by atoms with Crippen LogP contribution in [-0.2, 0) is 11.4 Å². The number of amides is 1. The van der Waals surface area contributed by atoms with E-state index in [1.807, 2.05) is 0 Å². The number of ether oxygens (including phenoxy) is 2. The first-order chi connectivity index (χ1) is 14.3. The molecule has 2 heterocycles. The van der Waals surface area contributed by atoms with Crippen LogP contribution < -0.4 is 15.7 Å². The van der Waals surface area contributed by atoms with Gasteiger partial charge in [0, 0.05) is 11.9 Å². The number of benzene rings is 1. The van der Waals surface area contributed by atoms with Gasteiger partial charge in [-0.1, -0.05) is 0 Å². The molecule has 1 aromatic heterocycles. The van der Waals surface area contributed by atoms with Gasteiger partial charge in [-0.25, -0.2) is 9.18 Å². The number of aliphatic hydroxyl groups excluding tert-OH is 4. The first-order valence-corrected chi connectivity index (χ1v) is 9.23. The van der Waals surface area contributed by atoms with Crippen LogP contribution in [0.4, 0.5) is 4.39 Å². The minimum Gasteiger partial charge on any atom is -0.461 e. The van der Waals surface area contributed by atoms with Crippen LogP contribution in [0.2, 0.25) is 0 Å². The molecule has 1 amide bonds. The SMILES string of the molecule is CCNC(=O)c1cc2ccc(O[C@@H]3O[C@H](CO)[C@H](O)[C@H](O)[C@H]3O)c(CF)c2oc1=O. The van der Waals surface area contributed by atoms with Crippen molar-refractivity contribution in [2.45, 2.75) is 44.3 Å². The van der Waals surface area contributed by atoms with Gasteiger partial charge < -0.3 is 39.6 Å². The van der Waals surface area contributed by atoms with Crippen molar-refractivity contribution < 1.29 is 43.5 Å². The Kier molecular flexibility index (Phi) is 6.68. The molecule has 0 aliphatic carbocycles. The number of hydrogen-bond acceptors (Lipinski definition) is 9. The maximum Gasteiger partial charge on any atom is 0.349 e. The van der Waals surface area contributed by atoms with Crippen molar-refractivity contribution in [2.24, 2.45) is 0 Å². The Labute approximate surface area is 169 Å². The van der Waals surface area contributed by atoms with Gasteiger partial charge in [0.05, 0.1) is 12.2 Å². The summed E-state index contributed by atoms with van der Waals surface area (Å²) < 4.78 is 29.7. The molecule has 1 saturated heterocycles. The molecule has 3 rings (SSSR count). The predicted molar refractivity (Wildman–Crippen MR) is 99.7 cm³/mol. The average Bonchev–Trinajstić information content (AvgIpc) is 2.73. The zero-order valence-electron chi connectivity index (χ0n) is 15.9. The second kappa shape index (κ2) is 9.06. The number of carbonyl (C=O) groups excluding carboxylic acids is 1. The highest BCUT2D eigenvalue weighted by Crippen LogP contribution is 2.32. The number of nitrogens with one attached hydrogen (secondary N) is 1. The molecule has 164 valence electrons. The smallest absolute Gasteiger partial charge is 0.349 e. The van der Waals surface area contributed by atoms with Crippen LogP contribution in [0.3, 0.4) is 0 Å². The minimum atomic E-state index is -1.70. The Balaban J connectivity index is 1.98. The average molecular weight is 427 g/mol. The summed E-state index contributed by atoms with van der Waals surface area (Å²) in [5.74, 6) is -0.778. The molecule has 11 heteroatoms. The lowest BCUT2D eigenvalue weighted by Crippen LogP contribution is -2.60. The zero-order chi connectivity index (χ0) is 22.0. The molecule has 2 aromatic rings. The molecule has 30 heavy (non-hydrogen) atoms. The van der Waals surface area contributed by atoms with Crippen molar-refractivity contribution in [3.05, 3.63) is 39.7 Å². The maximum atomic E-state index is 13.8. The molecule has 0 saturated carbocycles. The Morgan fingerprint density at radius 3 is 2.60 bits per heavy atom. The zero-order valence-corrected chi connectivity index (χ0v) is 15.9. The number of hydrogen-bond donors (Lipinski definition) is 5. The number of carbonyl (C=O) groups is 1. The number of fused-ring (bicyclic) bond motifs is 1. The normalized spacial score (nSPS) is 26.5. The van der Waals surface area contributed by atoms with Crippen molar-refractivity contribution in [2.75, 3.05) is 13.2 Å². The van der Waals surface area contributed by atoms with E-state index in [0.717, 1.165) is 0 Å². The van der Waals surface area contributed by atoms with E-state index in [4.69, 9.17) is 13.9 Å². The summed E-state index contributed by atoms with van der Waals surface area (Å²) in [5.41, 5.74) is -1.54. The van der Waals surface area contributed by atoms with Crippen molar-refractivity contribution in [1.29, 1.82) is 0 Å². The van der Waals surface area contributed by atoms with E-state index >= 15 is 0 Å². The van der Waals surface area contributed by atoms with Crippen LogP contribution in [0.5, 0.6) is 5.75 Å². The summed E-state index contributed by atoms with van der Waals surface area (Å²) in [6.07, 6.45) is -7.69. The van der Waals surface area contributed by atoms with Crippen LogP contribution in [-0.4, -0.2) is 70.2 Å². The van der Waals surface area contributed by atoms with Gasteiger partial charge in [0.1, 0.15) is 48.0 Å². The van der Waals surface area contributed by atoms with E-state index in [2.05, 4.69) is 5.32 Å². The predicted octanol–water partition coefficient (Wildman–Crippen LogP) is -0.809. The van der Waals surface area contributed by atoms with E-state index in [1.54, 1.807) is 6.92 Å². The van der Waals surface area contributed by atoms with E-state index in [1.165, 1.54) is 18.2 Å². The molecule has 0 spiro atoms. The van der Waals surface area contributed by atoms with Gasteiger partial charge in [-0.15, -0.1) is 0 Å². The molecule has 10 nitrogen and oxygen atoms in total. The minimum absolute atomic E-state index is 0.150.